The molecular weight excluding hydrogens is 176 g/mol. The summed E-state index contributed by atoms with van der Waals surface area (Å²) in [7, 11) is 0. The number of hydrogen-bond donors (Lipinski definition) is 3. The number of rotatable bonds is 2. The second-order valence-corrected chi connectivity index (χ2v) is 3.19. The molecule has 0 aliphatic rings. The van der Waals surface area contributed by atoms with Gasteiger partial charge in [-0.3, -0.25) is 0 Å². The van der Waals surface area contributed by atoms with Crippen molar-refractivity contribution < 1.29 is 5.11 Å². The van der Waals surface area contributed by atoms with E-state index in [-0.39, 0.29) is 0 Å². The molecule has 0 radical (unpaired) electrons. The Kier molecular flexibility index (Phi) is 2.24. The van der Waals surface area contributed by atoms with E-state index < -0.39 is 6.10 Å². The molecule has 2 rings (SSSR count). The lowest BCUT2D eigenvalue weighted by Gasteiger charge is -2.09. The van der Waals surface area contributed by atoms with Gasteiger partial charge >= 0.3 is 0 Å². The predicted octanol–water partition coefficient (Wildman–Crippen LogP) is 1.68. The molecule has 0 saturated carbocycles. The number of nitrogens with one attached hydrogen (secondary N) is 1. The molecule has 0 aliphatic heterocycles. The molecule has 0 saturated heterocycles. The number of aliphatic hydroxyl groups excluding tert-OH is 1. The van der Waals surface area contributed by atoms with Crippen molar-refractivity contribution in [1.82, 2.24) is 4.98 Å². The highest BCUT2D eigenvalue weighted by molar-refractivity contribution is 5.41. The number of benzene rings is 1. The Labute approximate surface area is 82.2 Å². The van der Waals surface area contributed by atoms with Gasteiger partial charge in [-0.05, 0) is 29.8 Å². The van der Waals surface area contributed by atoms with Gasteiger partial charge < -0.3 is 15.8 Å². The standard InChI is InChI=1S/C11H12N2O/c12-9-5-3-8(4-6-9)11(14)10-2-1-7-13-10/h1-7,11,13-14H,12H2. The molecule has 0 amide bonds. The Hall–Kier alpha value is -1.74. The van der Waals surface area contributed by atoms with E-state index in [1.54, 1.807) is 18.3 Å². The van der Waals surface area contributed by atoms with Gasteiger partial charge in [0.05, 0.1) is 0 Å². The number of anilines is 1. The summed E-state index contributed by atoms with van der Waals surface area (Å²) in [6.07, 6.45) is 1.18. The van der Waals surface area contributed by atoms with Crippen LogP contribution in [-0.4, -0.2) is 10.1 Å². The number of nitrogen functional groups attached to an aromatic ring is 1. The third kappa shape index (κ3) is 1.63. The van der Waals surface area contributed by atoms with E-state index >= 15 is 0 Å². The lowest BCUT2D eigenvalue weighted by molar-refractivity contribution is 0.216. The maximum Gasteiger partial charge on any atom is 0.119 e. The zero-order valence-electron chi connectivity index (χ0n) is 7.64. The van der Waals surface area contributed by atoms with Crippen molar-refractivity contribution in [1.29, 1.82) is 0 Å². The highest BCUT2D eigenvalue weighted by Gasteiger charge is 2.09. The summed E-state index contributed by atoms with van der Waals surface area (Å²) in [6, 6.07) is 10.9. The average Bonchev–Trinajstić information content (AvgIpc) is 2.71. The average molecular weight is 188 g/mol. The van der Waals surface area contributed by atoms with E-state index in [1.807, 2.05) is 24.3 Å². The summed E-state index contributed by atoms with van der Waals surface area (Å²) in [5.74, 6) is 0. The van der Waals surface area contributed by atoms with Crippen molar-refractivity contribution >= 4 is 5.69 Å². The Morgan fingerprint density at radius 1 is 1.14 bits per heavy atom. The molecule has 72 valence electrons. The van der Waals surface area contributed by atoms with Crippen molar-refractivity contribution in [2.24, 2.45) is 0 Å². The Bertz CT molecular complexity index is 392. The van der Waals surface area contributed by atoms with E-state index in [0.717, 1.165) is 11.3 Å². The van der Waals surface area contributed by atoms with Crippen LogP contribution in [0.15, 0.2) is 42.6 Å². The van der Waals surface area contributed by atoms with Gasteiger partial charge in [0.15, 0.2) is 0 Å². The molecule has 3 heteroatoms. The third-order valence-electron chi connectivity index (χ3n) is 2.17. The fourth-order valence-electron chi connectivity index (χ4n) is 1.37. The number of nitrogens with two attached hydrogens (primary N) is 1. The van der Waals surface area contributed by atoms with Crippen molar-refractivity contribution in [3.63, 3.8) is 0 Å². The smallest absolute Gasteiger partial charge is 0.119 e. The second-order valence-electron chi connectivity index (χ2n) is 3.19. The first-order valence-corrected chi connectivity index (χ1v) is 4.44. The summed E-state index contributed by atoms with van der Waals surface area (Å²) in [5, 5.41) is 9.90. The van der Waals surface area contributed by atoms with Gasteiger partial charge in [0.1, 0.15) is 6.10 Å². The van der Waals surface area contributed by atoms with Gasteiger partial charge in [0.2, 0.25) is 0 Å². The van der Waals surface area contributed by atoms with Crippen LogP contribution < -0.4 is 5.73 Å². The van der Waals surface area contributed by atoms with Gasteiger partial charge in [0.25, 0.3) is 0 Å². The molecule has 3 nitrogen and oxygen atoms in total. The van der Waals surface area contributed by atoms with Crippen LogP contribution in [0.2, 0.25) is 0 Å². The molecule has 1 atom stereocenters. The minimum atomic E-state index is -0.606. The predicted molar refractivity (Wildman–Crippen MR) is 55.7 cm³/mol. The van der Waals surface area contributed by atoms with Crippen LogP contribution >= 0.6 is 0 Å². The second kappa shape index (κ2) is 3.55. The molecule has 0 bridgehead atoms. The Morgan fingerprint density at radius 2 is 1.86 bits per heavy atom. The highest BCUT2D eigenvalue weighted by atomic mass is 16.3. The molecule has 1 aromatic carbocycles. The molecule has 4 N–H and O–H groups in total. The Morgan fingerprint density at radius 3 is 2.43 bits per heavy atom. The van der Waals surface area contributed by atoms with Crippen molar-refractivity contribution in [2.75, 3.05) is 5.73 Å². The molecule has 0 fully saturated rings. The van der Waals surface area contributed by atoms with Crippen LogP contribution in [-0.2, 0) is 0 Å². The van der Waals surface area contributed by atoms with E-state index in [4.69, 9.17) is 5.73 Å². The van der Waals surface area contributed by atoms with Crippen LogP contribution in [0.3, 0.4) is 0 Å². The largest absolute Gasteiger partial charge is 0.399 e. The molecule has 1 aromatic heterocycles. The first-order valence-electron chi connectivity index (χ1n) is 4.44. The molecular formula is C11H12N2O. The maximum atomic E-state index is 9.90. The number of aromatic nitrogens is 1. The zero-order valence-corrected chi connectivity index (χ0v) is 7.64. The molecule has 0 aliphatic carbocycles. The monoisotopic (exact) mass is 188 g/mol. The summed E-state index contributed by atoms with van der Waals surface area (Å²) >= 11 is 0. The molecule has 1 heterocycles. The van der Waals surface area contributed by atoms with Gasteiger partial charge in [0, 0.05) is 17.6 Å². The normalized spacial score (nSPS) is 12.6. The SMILES string of the molecule is Nc1ccc(C(O)c2ccc[nH]2)cc1. The summed E-state index contributed by atoms with van der Waals surface area (Å²) in [4.78, 5) is 2.97. The van der Waals surface area contributed by atoms with E-state index in [0.29, 0.717) is 5.69 Å². The molecule has 2 aromatic rings. The van der Waals surface area contributed by atoms with Gasteiger partial charge in [-0.15, -0.1) is 0 Å². The molecule has 14 heavy (non-hydrogen) atoms. The van der Waals surface area contributed by atoms with Crippen LogP contribution in [0.4, 0.5) is 5.69 Å². The minimum Gasteiger partial charge on any atom is -0.399 e. The first-order chi connectivity index (χ1) is 6.77. The van der Waals surface area contributed by atoms with E-state index in [9.17, 15) is 5.11 Å². The van der Waals surface area contributed by atoms with E-state index in [2.05, 4.69) is 4.98 Å². The summed E-state index contributed by atoms with van der Waals surface area (Å²) < 4.78 is 0. The van der Waals surface area contributed by atoms with Gasteiger partial charge in [-0.25, -0.2) is 0 Å². The highest BCUT2D eigenvalue weighted by Crippen LogP contribution is 2.20. The van der Waals surface area contributed by atoms with Crippen LogP contribution in [0.25, 0.3) is 0 Å². The molecule has 0 spiro atoms. The van der Waals surface area contributed by atoms with Crippen molar-refractivity contribution in [3.8, 4) is 0 Å². The lowest BCUT2D eigenvalue weighted by atomic mass is 10.1. The lowest BCUT2D eigenvalue weighted by Crippen LogP contribution is -1.99. The third-order valence-corrected chi connectivity index (χ3v) is 2.17. The van der Waals surface area contributed by atoms with Crippen LogP contribution in [0.1, 0.15) is 17.4 Å². The van der Waals surface area contributed by atoms with Crippen molar-refractivity contribution in [3.05, 3.63) is 53.9 Å². The fourth-order valence-corrected chi connectivity index (χ4v) is 1.37. The van der Waals surface area contributed by atoms with Crippen molar-refractivity contribution in [2.45, 2.75) is 6.10 Å². The topological polar surface area (TPSA) is 62.0 Å². The molecule has 1 unspecified atom stereocenters. The fraction of sp³-hybridized carbons (Fsp3) is 0.0909. The zero-order chi connectivity index (χ0) is 9.97. The van der Waals surface area contributed by atoms with Crippen LogP contribution in [0, 0.1) is 0 Å². The number of aliphatic hydroxyl groups is 1. The maximum absolute atomic E-state index is 9.90. The van der Waals surface area contributed by atoms with Gasteiger partial charge in [-0.1, -0.05) is 12.1 Å². The number of aromatic amines is 1. The summed E-state index contributed by atoms with van der Waals surface area (Å²) in [5.41, 5.74) is 7.88. The Balaban J connectivity index is 2.28. The minimum absolute atomic E-state index is 0.606. The number of hydrogen-bond acceptors (Lipinski definition) is 2. The number of H-pyrrole nitrogens is 1. The van der Waals surface area contributed by atoms with Gasteiger partial charge in [-0.2, -0.15) is 0 Å². The van der Waals surface area contributed by atoms with E-state index in [1.165, 1.54) is 0 Å². The first kappa shape index (κ1) is 8.84. The van der Waals surface area contributed by atoms with Crippen LogP contribution in [0.5, 0.6) is 0 Å². The summed E-state index contributed by atoms with van der Waals surface area (Å²) in [6.45, 7) is 0. The quantitative estimate of drug-likeness (QED) is 0.628.